The molecule has 0 fully saturated rings. The van der Waals surface area contributed by atoms with Crippen molar-refractivity contribution in [1.82, 2.24) is 4.98 Å². The summed E-state index contributed by atoms with van der Waals surface area (Å²) in [6.45, 7) is 1.76. The van der Waals surface area contributed by atoms with Crippen molar-refractivity contribution in [3.8, 4) is 5.75 Å². The van der Waals surface area contributed by atoms with Crippen LogP contribution < -0.4 is 5.73 Å². The third kappa shape index (κ3) is 1.46. The highest BCUT2D eigenvalue weighted by Crippen LogP contribution is 2.13. The number of carbonyl (C=O) groups is 1. The fraction of sp³-hybridized carbons (Fsp3) is 0.143. The summed E-state index contributed by atoms with van der Waals surface area (Å²) < 4.78 is 0. The van der Waals surface area contributed by atoms with Crippen molar-refractivity contribution < 1.29 is 9.90 Å². The number of amides is 1. The van der Waals surface area contributed by atoms with Crippen LogP contribution in [0.2, 0.25) is 0 Å². The summed E-state index contributed by atoms with van der Waals surface area (Å²) in [6, 6.07) is 1.44. The van der Waals surface area contributed by atoms with Gasteiger partial charge >= 0.3 is 0 Å². The quantitative estimate of drug-likeness (QED) is 0.603. The molecule has 0 saturated carbocycles. The SMILES string of the molecule is Cc1cnc(C(N)=O)c(O)c1. The predicted octanol–water partition coefficient (Wildman–Crippen LogP) is 0.195. The van der Waals surface area contributed by atoms with Gasteiger partial charge in [0.25, 0.3) is 5.91 Å². The zero-order chi connectivity index (χ0) is 8.43. The Morgan fingerprint density at radius 2 is 2.36 bits per heavy atom. The summed E-state index contributed by atoms with van der Waals surface area (Å²) in [5, 5.41) is 9.10. The van der Waals surface area contributed by atoms with Gasteiger partial charge in [0, 0.05) is 6.20 Å². The first-order valence-corrected chi connectivity index (χ1v) is 3.06. The molecule has 0 spiro atoms. The summed E-state index contributed by atoms with van der Waals surface area (Å²) in [5.41, 5.74) is 5.60. The fourth-order valence-electron chi connectivity index (χ4n) is 0.744. The van der Waals surface area contributed by atoms with Gasteiger partial charge in [-0.25, -0.2) is 4.98 Å². The van der Waals surface area contributed by atoms with Gasteiger partial charge in [0.1, 0.15) is 5.75 Å². The van der Waals surface area contributed by atoms with Gasteiger partial charge in [-0.1, -0.05) is 0 Å². The van der Waals surface area contributed by atoms with Crippen LogP contribution in [0.5, 0.6) is 5.75 Å². The van der Waals surface area contributed by atoms with Gasteiger partial charge in [-0.05, 0) is 18.6 Å². The van der Waals surface area contributed by atoms with Crippen molar-refractivity contribution >= 4 is 5.91 Å². The average molecular weight is 152 g/mol. The number of hydrogen-bond acceptors (Lipinski definition) is 3. The number of rotatable bonds is 1. The van der Waals surface area contributed by atoms with Crippen LogP contribution in [0, 0.1) is 6.92 Å². The largest absolute Gasteiger partial charge is 0.505 e. The Morgan fingerprint density at radius 3 is 2.82 bits per heavy atom. The lowest BCUT2D eigenvalue weighted by Crippen LogP contribution is -2.13. The highest BCUT2D eigenvalue weighted by molar-refractivity contribution is 5.93. The van der Waals surface area contributed by atoms with E-state index in [-0.39, 0.29) is 11.4 Å². The van der Waals surface area contributed by atoms with Crippen LogP contribution in [-0.2, 0) is 0 Å². The van der Waals surface area contributed by atoms with Crippen molar-refractivity contribution in [3.05, 3.63) is 23.5 Å². The van der Waals surface area contributed by atoms with Gasteiger partial charge in [-0.2, -0.15) is 0 Å². The number of pyridine rings is 1. The molecular formula is C7H8N2O2. The molecule has 1 rings (SSSR count). The molecule has 1 amide bonds. The summed E-state index contributed by atoms with van der Waals surface area (Å²) in [7, 11) is 0. The molecule has 0 aliphatic rings. The molecule has 4 nitrogen and oxygen atoms in total. The first-order chi connectivity index (χ1) is 5.11. The second-order valence-electron chi connectivity index (χ2n) is 2.24. The Hall–Kier alpha value is -1.58. The highest BCUT2D eigenvalue weighted by Gasteiger charge is 2.07. The van der Waals surface area contributed by atoms with Crippen LogP contribution in [-0.4, -0.2) is 16.0 Å². The van der Waals surface area contributed by atoms with Gasteiger partial charge in [0.05, 0.1) is 0 Å². The smallest absolute Gasteiger partial charge is 0.271 e. The number of aryl methyl sites for hydroxylation is 1. The molecule has 4 heteroatoms. The minimum absolute atomic E-state index is 0.0874. The third-order valence-corrected chi connectivity index (χ3v) is 1.24. The molecule has 0 aromatic carbocycles. The Morgan fingerprint density at radius 1 is 1.73 bits per heavy atom. The Balaban J connectivity index is 3.20. The highest BCUT2D eigenvalue weighted by atomic mass is 16.3. The lowest BCUT2D eigenvalue weighted by molar-refractivity contribution is 0.0993. The minimum atomic E-state index is -0.720. The molecule has 1 heterocycles. The van der Waals surface area contributed by atoms with E-state index >= 15 is 0 Å². The Bertz CT molecular complexity index is 296. The molecular weight excluding hydrogens is 144 g/mol. The average Bonchev–Trinajstić information content (AvgIpc) is 1.85. The van der Waals surface area contributed by atoms with Gasteiger partial charge in [-0.15, -0.1) is 0 Å². The molecule has 0 aliphatic heterocycles. The molecule has 3 N–H and O–H groups in total. The van der Waals surface area contributed by atoms with E-state index in [1.54, 1.807) is 6.92 Å². The van der Waals surface area contributed by atoms with Crippen molar-refractivity contribution in [2.45, 2.75) is 6.92 Å². The molecule has 0 unspecified atom stereocenters. The molecule has 0 radical (unpaired) electrons. The maximum atomic E-state index is 10.5. The molecule has 1 aromatic rings. The lowest BCUT2D eigenvalue weighted by Gasteiger charge is -1.98. The zero-order valence-corrected chi connectivity index (χ0v) is 6.03. The number of primary amides is 1. The number of hydrogen-bond donors (Lipinski definition) is 2. The molecule has 0 aliphatic carbocycles. The number of nitrogens with zero attached hydrogens (tertiary/aromatic N) is 1. The molecule has 58 valence electrons. The fourth-order valence-corrected chi connectivity index (χ4v) is 0.744. The van der Waals surface area contributed by atoms with E-state index in [2.05, 4.69) is 4.98 Å². The van der Waals surface area contributed by atoms with Crippen molar-refractivity contribution in [2.24, 2.45) is 5.73 Å². The Labute approximate surface area is 63.7 Å². The number of nitrogens with two attached hydrogens (primary N) is 1. The summed E-state index contributed by atoms with van der Waals surface area (Å²) >= 11 is 0. The number of carbonyl (C=O) groups excluding carboxylic acids is 1. The molecule has 0 saturated heterocycles. The second-order valence-corrected chi connectivity index (χ2v) is 2.24. The van der Waals surface area contributed by atoms with Crippen LogP contribution in [0.25, 0.3) is 0 Å². The molecule has 0 bridgehead atoms. The zero-order valence-electron chi connectivity index (χ0n) is 6.03. The first kappa shape index (κ1) is 7.53. The van der Waals surface area contributed by atoms with Crippen LogP contribution in [0.1, 0.15) is 16.1 Å². The topological polar surface area (TPSA) is 76.2 Å². The third-order valence-electron chi connectivity index (χ3n) is 1.24. The van der Waals surface area contributed by atoms with E-state index in [0.29, 0.717) is 0 Å². The van der Waals surface area contributed by atoms with Crippen LogP contribution in [0.4, 0.5) is 0 Å². The summed E-state index contributed by atoms with van der Waals surface area (Å²) in [6.07, 6.45) is 1.47. The van der Waals surface area contributed by atoms with Crippen LogP contribution >= 0.6 is 0 Å². The molecule has 0 atom stereocenters. The van der Waals surface area contributed by atoms with Gasteiger partial charge in [-0.3, -0.25) is 4.79 Å². The minimum Gasteiger partial charge on any atom is -0.505 e. The van der Waals surface area contributed by atoms with E-state index in [1.165, 1.54) is 12.3 Å². The van der Waals surface area contributed by atoms with E-state index in [9.17, 15) is 4.79 Å². The van der Waals surface area contributed by atoms with Gasteiger partial charge in [0.15, 0.2) is 5.69 Å². The number of aromatic nitrogens is 1. The maximum Gasteiger partial charge on any atom is 0.271 e. The van der Waals surface area contributed by atoms with Crippen molar-refractivity contribution in [3.63, 3.8) is 0 Å². The molecule has 1 aromatic heterocycles. The standard InChI is InChI=1S/C7H8N2O2/c1-4-2-5(10)6(7(8)11)9-3-4/h2-3,10H,1H3,(H2,8,11). The Kier molecular flexibility index (Phi) is 1.76. The van der Waals surface area contributed by atoms with E-state index < -0.39 is 5.91 Å². The number of aromatic hydroxyl groups is 1. The summed E-state index contributed by atoms with van der Waals surface area (Å²) in [4.78, 5) is 14.2. The van der Waals surface area contributed by atoms with Crippen LogP contribution in [0.15, 0.2) is 12.3 Å². The monoisotopic (exact) mass is 152 g/mol. The maximum absolute atomic E-state index is 10.5. The van der Waals surface area contributed by atoms with E-state index in [0.717, 1.165) is 5.56 Å². The lowest BCUT2D eigenvalue weighted by atomic mass is 10.2. The summed E-state index contributed by atoms with van der Waals surface area (Å²) in [5.74, 6) is -0.889. The van der Waals surface area contributed by atoms with Crippen molar-refractivity contribution in [1.29, 1.82) is 0 Å². The normalized spacial score (nSPS) is 9.55. The van der Waals surface area contributed by atoms with Crippen LogP contribution in [0.3, 0.4) is 0 Å². The molecule has 11 heavy (non-hydrogen) atoms. The second kappa shape index (κ2) is 2.57. The van der Waals surface area contributed by atoms with E-state index in [1.807, 2.05) is 0 Å². The predicted molar refractivity (Wildman–Crippen MR) is 39.2 cm³/mol. The first-order valence-electron chi connectivity index (χ1n) is 3.06. The van der Waals surface area contributed by atoms with Gasteiger partial charge < -0.3 is 10.8 Å². The van der Waals surface area contributed by atoms with Crippen molar-refractivity contribution in [2.75, 3.05) is 0 Å². The van der Waals surface area contributed by atoms with Gasteiger partial charge in [0.2, 0.25) is 0 Å². The van der Waals surface area contributed by atoms with E-state index in [4.69, 9.17) is 10.8 Å².